The van der Waals surface area contributed by atoms with Crippen LogP contribution in [0, 0.1) is 6.92 Å². The van der Waals surface area contributed by atoms with Crippen LogP contribution < -0.4 is 15.4 Å². The van der Waals surface area contributed by atoms with Crippen LogP contribution in [0.3, 0.4) is 0 Å². The molecule has 2 fully saturated rings. The summed E-state index contributed by atoms with van der Waals surface area (Å²) >= 11 is 1.28. The molecule has 0 aliphatic carbocycles. The van der Waals surface area contributed by atoms with Crippen LogP contribution in [-0.2, 0) is 0 Å². The van der Waals surface area contributed by atoms with E-state index in [1.54, 1.807) is 6.20 Å². The number of benzene rings is 1. The Morgan fingerprint density at radius 1 is 1.43 bits per heavy atom. The number of nitrogens with one attached hydrogen (secondary N) is 2. The first-order valence-corrected chi connectivity index (χ1v) is 8.76. The van der Waals surface area contributed by atoms with Gasteiger partial charge in [-0.2, -0.15) is 0 Å². The molecule has 0 radical (unpaired) electrons. The van der Waals surface area contributed by atoms with Gasteiger partial charge in [0.05, 0.1) is 6.20 Å². The summed E-state index contributed by atoms with van der Waals surface area (Å²) in [7, 11) is 0. The summed E-state index contributed by atoms with van der Waals surface area (Å²) in [6, 6.07) is 9.04. The Balaban J connectivity index is 1.40. The van der Waals surface area contributed by atoms with Gasteiger partial charge >= 0.3 is 0 Å². The quantitative estimate of drug-likeness (QED) is 0.905. The summed E-state index contributed by atoms with van der Waals surface area (Å²) in [5.74, 6) is 0.659. The number of amides is 1. The van der Waals surface area contributed by atoms with Crippen molar-refractivity contribution in [1.29, 1.82) is 0 Å². The van der Waals surface area contributed by atoms with Gasteiger partial charge in [-0.3, -0.25) is 4.79 Å². The van der Waals surface area contributed by atoms with E-state index in [1.807, 2.05) is 31.2 Å². The van der Waals surface area contributed by atoms with Crippen LogP contribution in [0.15, 0.2) is 30.5 Å². The van der Waals surface area contributed by atoms with Gasteiger partial charge in [0.25, 0.3) is 5.91 Å². The van der Waals surface area contributed by atoms with E-state index in [9.17, 15) is 4.79 Å². The van der Waals surface area contributed by atoms with E-state index < -0.39 is 0 Å². The van der Waals surface area contributed by atoms with Gasteiger partial charge in [-0.1, -0.05) is 23.5 Å². The Labute approximate surface area is 139 Å². The number of hydrogen-bond acceptors (Lipinski definition) is 5. The lowest BCUT2D eigenvalue weighted by Crippen LogP contribution is -2.42. The second-order valence-corrected chi connectivity index (χ2v) is 7.26. The monoisotopic (exact) mass is 329 g/mol. The highest BCUT2D eigenvalue weighted by atomic mass is 32.1. The highest BCUT2D eigenvalue weighted by molar-refractivity contribution is 7.15. The minimum atomic E-state index is -0.103. The number of rotatable bonds is 4. The summed E-state index contributed by atoms with van der Waals surface area (Å²) in [4.78, 5) is 16.6. The number of aromatic nitrogens is 1. The fraction of sp³-hybridized carbons (Fsp3) is 0.412. The molecular formula is C17H19N3O2S. The average Bonchev–Trinajstić information content (AvgIpc) is 3.23. The molecule has 2 bridgehead atoms. The maximum atomic E-state index is 12.4. The lowest BCUT2D eigenvalue weighted by atomic mass is 9.95. The highest BCUT2D eigenvalue weighted by Gasteiger charge is 2.39. The van der Waals surface area contributed by atoms with Gasteiger partial charge in [-0.05, 0) is 43.9 Å². The molecule has 2 aliphatic heterocycles. The normalized spacial score (nSPS) is 25.5. The molecule has 3 heterocycles. The number of aryl methyl sites for hydroxylation is 1. The van der Waals surface area contributed by atoms with Gasteiger partial charge < -0.3 is 15.4 Å². The maximum Gasteiger partial charge on any atom is 0.280 e. The third kappa shape index (κ3) is 3.09. The maximum absolute atomic E-state index is 12.4. The lowest BCUT2D eigenvalue weighted by molar-refractivity contribution is 0.0930. The van der Waals surface area contributed by atoms with Crippen LogP contribution >= 0.6 is 11.3 Å². The van der Waals surface area contributed by atoms with E-state index in [0.717, 1.165) is 24.2 Å². The second-order valence-electron chi connectivity index (χ2n) is 6.27. The fourth-order valence-electron chi connectivity index (χ4n) is 3.42. The first-order valence-electron chi connectivity index (χ1n) is 7.94. The second kappa shape index (κ2) is 5.94. The Kier molecular flexibility index (Phi) is 3.79. The zero-order valence-corrected chi connectivity index (χ0v) is 13.7. The molecule has 4 rings (SSSR count). The van der Waals surface area contributed by atoms with Gasteiger partial charge in [-0.15, -0.1) is 0 Å². The van der Waals surface area contributed by atoms with Crippen molar-refractivity contribution < 1.29 is 9.53 Å². The van der Waals surface area contributed by atoms with Crippen molar-refractivity contribution in [3.63, 3.8) is 0 Å². The number of fused-ring (bicyclic) bond motifs is 2. The average molecular weight is 329 g/mol. The van der Waals surface area contributed by atoms with Crippen LogP contribution in [-0.4, -0.2) is 29.0 Å². The van der Waals surface area contributed by atoms with Crippen LogP contribution in [0.1, 0.15) is 34.6 Å². The number of thiazole rings is 1. The lowest BCUT2D eigenvalue weighted by Gasteiger charge is -2.20. The van der Waals surface area contributed by atoms with Gasteiger partial charge in [0.1, 0.15) is 5.75 Å². The number of ether oxygens (including phenoxy) is 1. The smallest absolute Gasteiger partial charge is 0.280 e. The summed E-state index contributed by atoms with van der Waals surface area (Å²) in [6.45, 7) is 2.02. The number of nitrogens with zero attached hydrogens (tertiary/aromatic N) is 1. The summed E-state index contributed by atoms with van der Waals surface area (Å²) in [6.07, 6.45) is 5.01. The van der Waals surface area contributed by atoms with Crippen LogP contribution in [0.25, 0.3) is 0 Å². The zero-order valence-electron chi connectivity index (χ0n) is 12.9. The Morgan fingerprint density at radius 2 is 2.35 bits per heavy atom. The van der Waals surface area contributed by atoms with Gasteiger partial charge in [0.2, 0.25) is 5.06 Å². The van der Waals surface area contributed by atoms with E-state index >= 15 is 0 Å². The molecule has 2 saturated heterocycles. The molecule has 23 heavy (non-hydrogen) atoms. The standard InChI is InChI=1S/C17H19N3O2S/c1-10-3-2-4-12(7-10)22-15-9-18-17(23-15)16(21)20-14-8-11-5-6-13(14)19-11/h2-4,7,9,11,13-14,19H,5-6,8H2,1H3,(H,20,21)/t11-,13+,14-/m1/s1. The van der Waals surface area contributed by atoms with Crippen molar-refractivity contribution in [3.8, 4) is 10.8 Å². The molecule has 1 aromatic carbocycles. The molecule has 1 aromatic heterocycles. The molecular weight excluding hydrogens is 310 g/mol. The third-order valence-electron chi connectivity index (χ3n) is 4.50. The topological polar surface area (TPSA) is 63.2 Å². The van der Waals surface area contributed by atoms with Gasteiger partial charge in [0, 0.05) is 18.1 Å². The minimum absolute atomic E-state index is 0.103. The van der Waals surface area contributed by atoms with Gasteiger partial charge in [0.15, 0.2) is 5.01 Å². The van der Waals surface area contributed by atoms with Crippen molar-refractivity contribution in [2.24, 2.45) is 0 Å². The molecule has 2 aromatic rings. The molecule has 120 valence electrons. The van der Waals surface area contributed by atoms with Crippen LogP contribution in [0.2, 0.25) is 0 Å². The van der Waals surface area contributed by atoms with Crippen molar-refractivity contribution in [1.82, 2.24) is 15.6 Å². The minimum Gasteiger partial charge on any atom is -0.445 e. The number of carbonyl (C=O) groups excluding carboxylic acids is 1. The molecule has 0 saturated carbocycles. The van der Waals surface area contributed by atoms with Crippen molar-refractivity contribution >= 4 is 17.2 Å². The van der Waals surface area contributed by atoms with E-state index in [4.69, 9.17) is 4.74 Å². The molecule has 2 N–H and O–H groups in total. The first-order chi connectivity index (χ1) is 11.2. The molecule has 5 nitrogen and oxygen atoms in total. The fourth-order valence-corrected chi connectivity index (χ4v) is 4.11. The molecule has 0 unspecified atom stereocenters. The molecule has 2 aliphatic rings. The predicted molar refractivity (Wildman–Crippen MR) is 89.2 cm³/mol. The van der Waals surface area contributed by atoms with Crippen molar-refractivity contribution in [2.75, 3.05) is 0 Å². The highest BCUT2D eigenvalue weighted by Crippen LogP contribution is 2.30. The first kappa shape index (κ1) is 14.7. The number of hydrogen-bond donors (Lipinski definition) is 2. The zero-order chi connectivity index (χ0) is 15.8. The summed E-state index contributed by atoms with van der Waals surface area (Å²) in [5.41, 5.74) is 1.13. The predicted octanol–water partition coefficient (Wildman–Crippen LogP) is 2.87. The van der Waals surface area contributed by atoms with E-state index in [2.05, 4.69) is 15.6 Å². The van der Waals surface area contributed by atoms with Crippen molar-refractivity contribution in [2.45, 2.75) is 44.3 Å². The number of carbonyl (C=O) groups is 1. The molecule has 1 amide bonds. The Morgan fingerprint density at radius 3 is 3.09 bits per heavy atom. The Hall–Kier alpha value is -1.92. The third-order valence-corrected chi connectivity index (χ3v) is 5.38. The van der Waals surface area contributed by atoms with Crippen LogP contribution in [0.5, 0.6) is 10.8 Å². The Bertz CT molecular complexity index is 730. The molecule has 0 spiro atoms. The molecule has 6 heteroatoms. The largest absolute Gasteiger partial charge is 0.445 e. The SMILES string of the molecule is Cc1cccc(Oc2cnc(C(=O)N[C@@H]3C[C@H]4CC[C@@H]3N4)s2)c1. The summed E-state index contributed by atoms with van der Waals surface area (Å²) in [5, 5.41) is 7.71. The van der Waals surface area contributed by atoms with Crippen molar-refractivity contribution in [3.05, 3.63) is 41.0 Å². The van der Waals surface area contributed by atoms with Gasteiger partial charge in [-0.25, -0.2) is 4.98 Å². The van der Waals surface area contributed by atoms with E-state index in [0.29, 0.717) is 22.2 Å². The van der Waals surface area contributed by atoms with E-state index in [-0.39, 0.29) is 11.9 Å². The van der Waals surface area contributed by atoms with Crippen LogP contribution in [0.4, 0.5) is 0 Å². The summed E-state index contributed by atoms with van der Waals surface area (Å²) < 4.78 is 5.77. The molecule has 3 atom stereocenters. The van der Waals surface area contributed by atoms with E-state index in [1.165, 1.54) is 17.8 Å².